The molecule has 0 spiro atoms. The smallest absolute Gasteiger partial charge is 0.177 e. The molecule has 1 aromatic heterocycles. The molecule has 2 aromatic rings. The van der Waals surface area contributed by atoms with Gasteiger partial charge in [0.05, 0.1) is 12.3 Å². The van der Waals surface area contributed by atoms with Crippen LogP contribution in [0.25, 0.3) is 0 Å². The van der Waals surface area contributed by atoms with Crippen molar-refractivity contribution in [3.8, 4) is 0 Å². The van der Waals surface area contributed by atoms with Crippen LogP contribution in [0.5, 0.6) is 0 Å². The third-order valence-corrected chi connectivity index (χ3v) is 2.99. The molecule has 0 bridgehead atoms. The molecule has 1 aromatic carbocycles. The largest absolute Gasteiger partial charge is 0.390 e. The van der Waals surface area contributed by atoms with Crippen LogP contribution in [0.3, 0.4) is 0 Å². The molecule has 0 amide bonds. The van der Waals surface area contributed by atoms with Gasteiger partial charge in [-0.25, -0.2) is 4.39 Å². The fourth-order valence-corrected chi connectivity index (χ4v) is 1.97. The summed E-state index contributed by atoms with van der Waals surface area (Å²) in [5, 5.41) is 9.13. The predicted octanol–water partition coefficient (Wildman–Crippen LogP) is 2.42. The number of H-pyrrole nitrogens is 1. The van der Waals surface area contributed by atoms with Gasteiger partial charge in [-0.2, -0.15) is 0 Å². The van der Waals surface area contributed by atoms with Crippen LogP contribution >= 0.6 is 12.2 Å². The molecule has 0 radical (unpaired) electrons. The van der Waals surface area contributed by atoms with Gasteiger partial charge in [-0.3, -0.25) is 0 Å². The minimum absolute atomic E-state index is 0.0451. The number of aromatic nitrogens is 2. The number of aromatic amines is 1. The Morgan fingerprint density at radius 2 is 2.00 bits per heavy atom. The summed E-state index contributed by atoms with van der Waals surface area (Å²) in [4.78, 5) is 2.89. The van der Waals surface area contributed by atoms with Crippen molar-refractivity contribution in [1.29, 1.82) is 0 Å². The first-order valence-electron chi connectivity index (χ1n) is 5.33. The zero-order valence-electron chi connectivity index (χ0n) is 9.19. The van der Waals surface area contributed by atoms with Crippen LogP contribution in [0.1, 0.15) is 11.3 Å². The number of benzene rings is 1. The molecule has 0 fully saturated rings. The van der Waals surface area contributed by atoms with Crippen LogP contribution in [-0.4, -0.2) is 14.7 Å². The topological polar surface area (TPSA) is 40.9 Å². The molecule has 1 heterocycles. The average molecular weight is 252 g/mol. The highest BCUT2D eigenvalue weighted by molar-refractivity contribution is 7.71. The first-order chi connectivity index (χ1) is 8.20. The molecule has 0 unspecified atom stereocenters. The summed E-state index contributed by atoms with van der Waals surface area (Å²) < 4.78 is 15.2. The van der Waals surface area contributed by atoms with Crippen LogP contribution in [0.2, 0.25) is 0 Å². The van der Waals surface area contributed by atoms with Gasteiger partial charge in [0.15, 0.2) is 4.77 Å². The summed E-state index contributed by atoms with van der Waals surface area (Å²) >= 11 is 5.11. The lowest BCUT2D eigenvalue weighted by atomic mass is 10.1. The number of halogens is 1. The maximum atomic E-state index is 12.7. The molecule has 90 valence electrons. The Kier molecular flexibility index (Phi) is 3.71. The van der Waals surface area contributed by atoms with Crippen molar-refractivity contribution in [3.05, 3.63) is 52.3 Å². The number of rotatable bonds is 4. The Bertz CT molecular complexity index is 544. The van der Waals surface area contributed by atoms with Crippen molar-refractivity contribution < 1.29 is 9.50 Å². The summed E-state index contributed by atoms with van der Waals surface area (Å²) in [7, 11) is 0. The summed E-state index contributed by atoms with van der Waals surface area (Å²) in [6, 6.07) is 6.39. The minimum atomic E-state index is -0.233. The first-order valence-corrected chi connectivity index (χ1v) is 5.74. The Balaban J connectivity index is 2.09. The van der Waals surface area contributed by atoms with E-state index in [0.717, 1.165) is 17.7 Å². The third-order valence-electron chi connectivity index (χ3n) is 2.65. The number of aryl methyl sites for hydroxylation is 1. The van der Waals surface area contributed by atoms with E-state index in [1.165, 1.54) is 12.1 Å². The van der Waals surface area contributed by atoms with E-state index in [-0.39, 0.29) is 12.4 Å². The lowest BCUT2D eigenvalue weighted by molar-refractivity contribution is 0.270. The van der Waals surface area contributed by atoms with Gasteiger partial charge in [-0.15, -0.1) is 0 Å². The maximum absolute atomic E-state index is 12.7. The molecule has 0 aliphatic carbocycles. The highest BCUT2D eigenvalue weighted by Gasteiger charge is 2.03. The van der Waals surface area contributed by atoms with Gasteiger partial charge in [0.25, 0.3) is 0 Å². The molecule has 0 saturated carbocycles. The summed E-state index contributed by atoms with van der Waals surface area (Å²) in [5.74, 6) is -0.233. The van der Waals surface area contributed by atoms with Crippen molar-refractivity contribution in [2.45, 2.75) is 19.6 Å². The van der Waals surface area contributed by atoms with Gasteiger partial charge >= 0.3 is 0 Å². The fraction of sp³-hybridized carbons (Fsp3) is 0.250. The molecule has 0 atom stereocenters. The minimum Gasteiger partial charge on any atom is -0.390 e. The van der Waals surface area contributed by atoms with E-state index in [9.17, 15) is 4.39 Å². The Labute approximate surface area is 104 Å². The monoisotopic (exact) mass is 252 g/mol. The third kappa shape index (κ3) is 2.81. The maximum Gasteiger partial charge on any atom is 0.177 e. The van der Waals surface area contributed by atoms with Crippen molar-refractivity contribution >= 4 is 12.2 Å². The Morgan fingerprint density at radius 1 is 1.29 bits per heavy atom. The molecule has 2 rings (SSSR count). The van der Waals surface area contributed by atoms with E-state index in [1.54, 1.807) is 18.3 Å². The number of nitrogens with zero attached hydrogens (tertiary/aromatic N) is 1. The first kappa shape index (κ1) is 12.0. The fourth-order valence-electron chi connectivity index (χ4n) is 1.70. The zero-order valence-corrected chi connectivity index (χ0v) is 10.0. The van der Waals surface area contributed by atoms with Crippen molar-refractivity contribution in [1.82, 2.24) is 9.55 Å². The van der Waals surface area contributed by atoms with E-state index in [2.05, 4.69) is 4.98 Å². The number of aliphatic hydroxyl groups excluding tert-OH is 1. The van der Waals surface area contributed by atoms with Crippen molar-refractivity contribution in [2.75, 3.05) is 0 Å². The highest BCUT2D eigenvalue weighted by atomic mass is 32.1. The summed E-state index contributed by atoms with van der Waals surface area (Å²) in [6.07, 6.45) is 2.45. The van der Waals surface area contributed by atoms with Gasteiger partial charge in [-0.1, -0.05) is 12.1 Å². The highest BCUT2D eigenvalue weighted by Crippen LogP contribution is 2.07. The van der Waals surface area contributed by atoms with Crippen molar-refractivity contribution in [3.63, 3.8) is 0 Å². The number of hydrogen-bond donors (Lipinski definition) is 2. The molecule has 17 heavy (non-hydrogen) atoms. The second-order valence-corrected chi connectivity index (χ2v) is 4.16. The molecular formula is C12H13FN2OS. The van der Waals surface area contributed by atoms with E-state index in [1.807, 2.05) is 4.57 Å². The van der Waals surface area contributed by atoms with Crippen LogP contribution in [0.15, 0.2) is 30.5 Å². The number of imidazole rings is 1. The molecular weight excluding hydrogens is 239 g/mol. The van der Waals surface area contributed by atoms with E-state index in [0.29, 0.717) is 11.3 Å². The second-order valence-electron chi connectivity index (χ2n) is 3.77. The van der Waals surface area contributed by atoms with Crippen molar-refractivity contribution in [2.24, 2.45) is 0 Å². The average Bonchev–Trinajstić information content (AvgIpc) is 2.69. The molecule has 0 saturated heterocycles. The van der Waals surface area contributed by atoms with Crippen LogP contribution in [-0.2, 0) is 19.6 Å². The van der Waals surface area contributed by atoms with Gasteiger partial charge in [0.1, 0.15) is 5.82 Å². The lowest BCUT2D eigenvalue weighted by Gasteiger charge is -2.06. The van der Waals surface area contributed by atoms with E-state index in [4.69, 9.17) is 17.3 Å². The van der Waals surface area contributed by atoms with Crippen LogP contribution in [0, 0.1) is 10.6 Å². The molecule has 3 nitrogen and oxygen atoms in total. The van der Waals surface area contributed by atoms with E-state index < -0.39 is 0 Å². The Hall–Kier alpha value is -1.46. The standard InChI is InChI=1S/C12H13FN2OS/c13-10-3-1-9(2-4-10)5-6-15-11(8-16)7-14-12(15)17/h1-4,7,16H,5-6,8H2,(H,14,17). The molecule has 0 aliphatic rings. The predicted molar refractivity (Wildman–Crippen MR) is 65.6 cm³/mol. The van der Waals surface area contributed by atoms with Gasteiger partial charge < -0.3 is 14.7 Å². The molecule has 2 N–H and O–H groups in total. The quantitative estimate of drug-likeness (QED) is 0.820. The zero-order chi connectivity index (χ0) is 12.3. The SMILES string of the molecule is OCc1c[nH]c(=S)n1CCc1ccc(F)cc1. The van der Waals surface area contributed by atoms with Gasteiger partial charge in [-0.05, 0) is 36.3 Å². The Morgan fingerprint density at radius 3 is 2.65 bits per heavy atom. The number of aliphatic hydroxyl groups is 1. The number of nitrogens with one attached hydrogen (secondary N) is 1. The normalized spacial score (nSPS) is 10.7. The second kappa shape index (κ2) is 5.25. The number of hydrogen-bond acceptors (Lipinski definition) is 2. The lowest BCUT2D eigenvalue weighted by Crippen LogP contribution is -2.05. The van der Waals surface area contributed by atoms with Gasteiger partial charge in [0.2, 0.25) is 0 Å². The van der Waals surface area contributed by atoms with Crippen LogP contribution in [0.4, 0.5) is 4.39 Å². The molecule has 5 heteroatoms. The van der Waals surface area contributed by atoms with Gasteiger partial charge in [0, 0.05) is 12.7 Å². The summed E-state index contributed by atoms with van der Waals surface area (Å²) in [5.41, 5.74) is 1.80. The van der Waals surface area contributed by atoms with E-state index >= 15 is 0 Å². The van der Waals surface area contributed by atoms with Crippen LogP contribution < -0.4 is 0 Å². The summed E-state index contributed by atoms with van der Waals surface area (Å²) in [6.45, 7) is 0.625. The molecule has 0 aliphatic heterocycles.